The third kappa shape index (κ3) is 34.3. The number of amides is 1. The largest absolute Gasteiger partial charge is 0.416 e. The van der Waals surface area contributed by atoms with E-state index >= 15 is 0 Å². The number of carbonyl (C=O) groups excluding carboxylic acids is 2. The van der Waals surface area contributed by atoms with Crippen molar-refractivity contribution in [1.29, 1.82) is 0 Å². The molecule has 0 unspecified atom stereocenters. The van der Waals surface area contributed by atoms with E-state index in [0.29, 0.717) is 41.5 Å². The van der Waals surface area contributed by atoms with E-state index in [4.69, 9.17) is 45.6 Å². The van der Waals surface area contributed by atoms with Gasteiger partial charge in [-0.05, 0) is 222 Å². The van der Waals surface area contributed by atoms with Crippen LogP contribution in [0.1, 0.15) is 174 Å². The second-order valence-corrected chi connectivity index (χ2v) is 25.8. The van der Waals surface area contributed by atoms with Crippen LogP contribution in [0.4, 0.5) is 92.5 Å². The molecule has 34 heteroatoms. The molecule has 5 N–H and O–H groups in total. The number of hydrogen-bond acceptors (Lipinski definition) is 15. The van der Waals surface area contributed by atoms with Gasteiger partial charge in [-0.25, -0.2) is 0 Å². The highest BCUT2D eigenvalue weighted by atomic mass is 35.5. The SMILES string of the molecule is CCN(CC)CC.CO.C[C@H]1CCCCN1.C[C@H]1CCCCN1c1ccc(C(F)(F)F)cc1N.C[C@H]1CCCCN1c1ccc(C(F)(F)F)cc1NC(=O)c1ccncc1.C[C@H]1CCCCN1c1ccc(C(F)(F)F)cc1[N+](=O)[O-].Cc1ccc(C(F)(F)F)cc1[N+](=O)[O-].Cl.ClCCl.O=C(Cl)c1ccncc1. The van der Waals surface area contributed by atoms with Crippen LogP contribution < -0.4 is 31.1 Å². The lowest BCUT2D eigenvalue weighted by Gasteiger charge is -2.36. The molecule has 598 valence electrons. The van der Waals surface area contributed by atoms with Crippen LogP contribution in [-0.2, 0) is 24.7 Å². The third-order valence-corrected chi connectivity index (χ3v) is 17.5. The number of benzene rings is 4. The molecular weight excluding hydrogens is 1510 g/mol. The number of aliphatic hydroxyl groups excluding tert-OH is 1. The number of nitrogens with one attached hydrogen (secondary N) is 2. The number of nitrogen functional groups attached to an aromatic ring is 1. The molecule has 4 fully saturated rings. The van der Waals surface area contributed by atoms with Gasteiger partial charge >= 0.3 is 24.7 Å². The van der Waals surface area contributed by atoms with Crippen LogP contribution in [0, 0.1) is 27.2 Å². The molecule has 6 heterocycles. The number of rotatable bonds is 11. The average Bonchev–Trinajstić information content (AvgIpc) is 0.803. The van der Waals surface area contributed by atoms with Crippen molar-refractivity contribution < 1.29 is 77.2 Å². The van der Waals surface area contributed by atoms with Crippen molar-refractivity contribution in [1.82, 2.24) is 20.2 Å². The topological polar surface area (TPSA) is 229 Å². The Morgan fingerprint density at radius 3 is 1.24 bits per heavy atom. The molecule has 0 saturated carbocycles. The van der Waals surface area contributed by atoms with Crippen molar-refractivity contribution in [3.63, 3.8) is 0 Å². The molecule has 4 aromatic carbocycles. The predicted molar refractivity (Wildman–Crippen MR) is 404 cm³/mol. The maximum absolute atomic E-state index is 13.1. The lowest BCUT2D eigenvalue weighted by atomic mass is 10.0. The molecule has 0 aliphatic carbocycles. The first-order valence-corrected chi connectivity index (χ1v) is 35.8. The van der Waals surface area contributed by atoms with E-state index in [1.165, 1.54) is 107 Å². The molecule has 1 amide bonds. The number of pyridine rings is 2. The third-order valence-electron chi connectivity index (χ3n) is 17.2. The van der Waals surface area contributed by atoms with Crippen LogP contribution in [0.15, 0.2) is 122 Å². The molecule has 0 radical (unpaired) electrons. The van der Waals surface area contributed by atoms with E-state index in [0.717, 1.165) is 132 Å². The maximum atomic E-state index is 13.1. The Balaban J connectivity index is 0.000000643. The highest BCUT2D eigenvalue weighted by molar-refractivity contribution is 6.67. The molecule has 10 rings (SSSR count). The molecular formula is C73H97Cl4F12N11O7. The Hall–Kier alpha value is -7.48. The van der Waals surface area contributed by atoms with Crippen LogP contribution in [0.3, 0.4) is 0 Å². The van der Waals surface area contributed by atoms with Gasteiger partial charge in [0.15, 0.2) is 0 Å². The number of carbonyl (C=O) groups is 2. The zero-order valence-corrected chi connectivity index (χ0v) is 64.2. The minimum atomic E-state index is -4.57. The molecule has 0 bridgehead atoms. The molecule has 6 aromatic rings. The smallest absolute Gasteiger partial charge is 0.400 e. The molecule has 4 atom stereocenters. The second kappa shape index (κ2) is 48.8. The van der Waals surface area contributed by atoms with Gasteiger partial charge in [0.05, 0.1) is 60.2 Å². The monoisotopic (exact) mass is 1610 g/mol. The zero-order chi connectivity index (χ0) is 80.1. The molecule has 107 heavy (non-hydrogen) atoms. The van der Waals surface area contributed by atoms with Crippen molar-refractivity contribution in [3.8, 4) is 0 Å². The summed E-state index contributed by atoms with van der Waals surface area (Å²) in [5, 5.41) is 34.2. The number of nitrogens with zero attached hydrogens (tertiary/aromatic N) is 8. The minimum absolute atomic E-state index is 0. The number of aromatic nitrogens is 2. The van der Waals surface area contributed by atoms with Gasteiger partial charge in [-0.3, -0.25) is 39.8 Å². The van der Waals surface area contributed by atoms with Gasteiger partial charge in [0, 0.05) is 105 Å². The summed E-state index contributed by atoms with van der Waals surface area (Å²) in [5.41, 5.74) is 4.34. The molecule has 4 aliphatic rings. The van der Waals surface area contributed by atoms with Crippen LogP contribution in [0.25, 0.3) is 0 Å². The van der Waals surface area contributed by atoms with Gasteiger partial charge < -0.3 is 41.1 Å². The highest BCUT2D eigenvalue weighted by Gasteiger charge is 2.37. The highest BCUT2D eigenvalue weighted by Crippen LogP contribution is 2.41. The molecule has 2 aromatic heterocycles. The first-order valence-electron chi connectivity index (χ1n) is 34.3. The number of alkyl halides is 14. The Morgan fingerprint density at radius 2 is 0.907 bits per heavy atom. The fourth-order valence-electron chi connectivity index (χ4n) is 11.4. The first kappa shape index (κ1) is 97.5. The number of piperidine rings is 4. The molecule has 0 spiro atoms. The van der Waals surface area contributed by atoms with Gasteiger partial charge in [-0.2, -0.15) is 52.7 Å². The minimum Gasteiger partial charge on any atom is -0.400 e. The zero-order valence-electron chi connectivity index (χ0n) is 61.1. The summed E-state index contributed by atoms with van der Waals surface area (Å²) in [7, 11) is 1.00. The van der Waals surface area contributed by atoms with Gasteiger partial charge in [0.1, 0.15) is 5.69 Å². The number of nitro benzene ring substituents is 2. The van der Waals surface area contributed by atoms with Crippen molar-refractivity contribution in [3.05, 3.63) is 181 Å². The number of anilines is 5. The summed E-state index contributed by atoms with van der Waals surface area (Å²) in [6.45, 7) is 23.3. The van der Waals surface area contributed by atoms with Gasteiger partial charge in [0.25, 0.3) is 22.5 Å². The number of nitro groups is 2. The molecule has 4 aliphatic heterocycles. The Bertz CT molecular complexity index is 3580. The van der Waals surface area contributed by atoms with Crippen LogP contribution >= 0.6 is 47.2 Å². The van der Waals surface area contributed by atoms with Crippen molar-refractivity contribution in [2.45, 2.75) is 181 Å². The lowest BCUT2D eigenvalue weighted by Crippen LogP contribution is -2.38. The number of aliphatic hydroxyl groups is 1. The Kier molecular flexibility index (Phi) is 44.5. The van der Waals surface area contributed by atoms with Crippen molar-refractivity contribution >= 4 is 98.2 Å². The van der Waals surface area contributed by atoms with E-state index in [2.05, 4.69) is 69.9 Å². The number of aryl methyl sites for hydroxylation is 1. The van der Waals surface area contributed by atoms with Crippen LogP contribution in [0.5, 0.6) is 0 Å². The summed E-state index contributed by atoms with van der Waals surface area (Å²) in [5.74, 6) is -0.461. The maximum Gasteiger partial charge on any atom is 0.416 e. The average molecular weight is 1610 g/mol. The normalized spacial score (nSPS) is 16.9. The number of halogens is 16. The fraction of sp³-hybridized carbons (Fsp3) is 0.507. The van der Waals surface area contributed by atoms with Crippen LogP contribution in [-0.4, -0.2) is 123 Å². The number of hydrogen-bond donors (Lipinski definition) is 4. The Morgan fingerprint density at radius 1 is 0.551 bits per heavy atom. The number of nitrogens with two attached hydrogens (primary N) is 1. The van der Waals surface area contributed by atoms with Gasteiger partial charge in [-0.15, -0.1) is 35.6 Å². The van der Waals surface area contributed by atoms with E-state index < -0.39 is 79.3 Å². The second-order valence-electron chi connectivity index (χ2n) is 24.6. The first-order chi connectivity index (χ1) is 49.8. The quantitative estimate of drug-likeness (QED) is 0.0236. The van der Waals surface area contributed by atoms with Crippen LogP contribution in [0.2, 0.25) is 0 Å². The summed E-state index contributed by atoms with van der Waals surface area (Å²) >= 11 is 14.7. The van der Waals surface area contributed by atoms with Gasteiger partial charge in [-0.1, -0.05) is 33.3 Å². The summed E-state index contributed by atoms with van der Waals surface area (Å²) in [6.07, 6.45) is 1.37. The Labute approximate surface area is 638 Å². The van der Waals surface area contributed by atoms with E-state index in [1.807, 2.05) is 18.7 Å². The summed E-state index contributed by atoms with van der Waals surface area (Å²) in [4.78, 5) is 58.6. The predicted octanol–water partition coefficient (Wildman–Crippen LogP) is 20.7. The standard InChI is InChI=1S/C19H20F3N3O.C13H15F3N2O2.C13H17F3N2.C8H6F3NO2.C6H4ClNO.C6H13N.C6H15N.CH2Cl2.CH4O.ClH/c1-13-4-2-3-11-25(13)17-6-5-15(19(20,21)22)12-16(17)24-18(26)14-7-9-23-10-8-14;1-9-4-2-3-7-17(9)11-6-5-10(13(14,15)16)8-12(11)18(19)20;1-9-4-2-3-7-18(9)12-6-5-10(8-11(12)17)13(14,15)16;1-5-2-3-6(8(9,10)11)4-7(5)12(13)14;7-6(9)5-1-3-8-4-2-5;1-6-4-2-3-5-7-6;1-4-7(5-2)6-3;2-1-3;1-2;/h5-10,12-13H,2-4,11H2,1H3,(H,24,26);5-6,8-9H,2-4,7H2,1H3;5-6,8-9H,2-4,7,17H2,1H3;2-4H,1H3;1-4H;6-7H,2-5H2,1H3;4-6H2,1-3H3;1H2;2H,1H3;1H/t13-;2*9-;;;6-;;;;/m000..0..../s1. The van der Waals surface area contributed by atoms with Crippen molar-refractivity contribution in [2.24, 2.45) is 0 Å². The fourth-order valence-corrected chi connectivity index (χ4v) is 11.5. The summed E-state index contributed by atoms with van der Waals surface area (Å²) < 4.78 is 151. The van der Waals surface area contributed by atoms with E-state index in [-0.39, 0.29) is 52.5 Å². The van der Waals surface area contributed by atoms with Crippen molar-refractivity contribution in [2.75, 3.05) is 84.0 Å². The molecule has 4 saturated heterocycles. The molecule has 18 nitrogen and oxygen atoms in total. The van der Waals surface area contributed by atoms with E-state index in [1.54, 1.807) is 12.1 Å². The lowest BCUT2D eigenvalue weighted by molar-refractivity contribution is -0.385. The van der Waals surface area contributed by atoms with E-state index in [9.17, 15) is 82.5 Å². The summed E-state index contributed by atoms with van der Waals surface area (Å²) in [6, 6.07) is 19.9. The van der Waals surface area contributed by atoms with Gasteiger partial charge in [0.2, 0.25) is 0 Å².